The summed E-state index contributed by atoms with van der Waals surface area (Å²) in [5.74, 6) is -0.195. The molecule has 0 aliphatic rings. The standard InChI is InChI=1S/C18H20N4O.C16H24N4O/c1-13(19-11-10-14-6-3-2-4-7-14)22-18(23)15-8-5-9-16-17(15)21-12-20-16;1-4-9-20(10-5-2)12(3)19-16(21)13-7-6-8-14-15(13)18-11-17-14/h2-9,12-13,19H,10-11H2,1H3,(H,20,21)(H,22,23);6-8,11-12H,4-5,9-10H2,1-3H3,(H,17,18)(H,19,21). The highest BCUT2D eigenvalue weighted by molar-refractivity contribution is 6.05. The molecule has 3 aromatic carbocycles. The SMILES string of the molecule is CC(NCCc1ccccc1)NC(=O)c1cccc2[nH]cnc12.CCCN(CCC)C(C)NC(=O)c1cccc2[nH]cnc12. The molecule has 0 fully saturated rings. The van der Waals surface area contributed by atoms with Crippen molar-refractivity contribution in [1.29, 1.82) is 0 Å². The fraction of sp³-hybridized carbons (Fsp3) is 0.353. The summed E-state index contributed by atoms with van der Waals surface area (Å²) in [6, 6.07) is 21.4. The van der Waals surface area contributed by atoms with Crippen molar-refractivity contribution in [2.75, 3.05) is 19.6 Å². The van der Waals surface area contributed by atoms with Crippen LogP contribution in [0.2, 0.25) is 0 Å². The number of aromatic amines is 2. The fourth-order valence-electron chi connectivity index (χ4n) is 5.13. The zero-order valence-corrected chi connectivity index (χ0v) is 26.1. The number of nitrogens with zero attached hydrogens (tertiary/aromatic N) is 3. The van der Waals surface area contributed by atoms with E-state index in [9.17, 15) is 9.59 Å². The van der Waals surface area contributed by atoms with E-state index in [1.165, 1.54) is 5.56 Å². The summed E-state index contributed by atoms with van der Waals surface area (Å²) in [5.41, 5.74) is 5.65. The molecule has 10 nitrogen and oxygen atoms in total. The van der Waals surface area contributed by atoms with E-state index in [-0.39, 0.29) is 24.1 Å². The van der Waals surface area contributed by atoms with Gasteiger partial charge in [-0.3, -0.25) is 19.8 Å². The normalized spacial score (nSPS) is 12.5. The predicted octanol–water partition coefficient (Wildman–Crippen LogP) is 5.23. The van der Waals surface area contributed by atoms with Crippen LogP contribution in [-0.2, 0) is 6.42 Å². The zero-order valence-electron chi connectivity index (χ0n) is 26.1. The van der Waals surface area contributed by atoms with Gasteiger partial charge in [0.2, 0.25) is 0 Å². The van der Waals surface area contributed by atoms with Gasteiger partial charge in [-0.1, -0.05) is 56.3 Å². The number of carbonyl (C=O) groups is 2. The van der Waals surface area contributed by atoms with Crippen molar-refractivity contribution in [3.8, 4) is 0 Å². The van der Waals surface area contributed by atoms with E-state index in [1.807, 2.05) is 62.4 Å². The van der Waals surface area contributed by atoms with Crippen molar-refractivity contribution >= 4 is 33.9 Å². The minimum Gasteiger partial charge on any atom is -0.345 e. The number of fused-ring (bicyclic) bond motifs is 2. The van der Waals surface area contributed by atoms with Crippen LogP contribution in [0.4, 0.5) is 0 Å². The topological polar surface area (TPSA) is 131 Å². The molecule has 232 valence electrons. The number of nitrogens with one attached hydrogen (secondary N) is 5. The Labute approximate surface area is 259 Å². The molecule has 2 heterocycles. The van der Waals surface area contributed by atoms with Gasteiger partial charge in [0.15, 0.2) is 0 Å². The van der Waals surface area contributed by atoms with Gasteiger partial charge in [0, 0.05) is 6.54 Å². The number of hydrogen-bond donors (Lipinski definition) is 5. The van der Waals surface area contributed by atoms with Crippen LogP contribution in [-0.4, -0.2) is 68.6 Å². The lowest BCUT2D eigenvalue weighted by atomic mass is 10.1. The van der Waals surface area contributed by atoms with E-state index >= 15 is 0 Å². The molecular weight excluding hydrogens is 552 g/mol. The average Bonchev–Trinajstić information content (AvgIpc) is 3.71. The van der Waals surface area contributed by atoms with Crippen molar-refractivity contribution in [3.05, 3.63) is 96.1 Å². The van der Waals surface area contributed by atoms with Crippen LogP contribution in [0.1, 0.15) is 66.8 Å². The first-order valence-corrected chi connectivity index (χ1v) is 15.4. The summed E-state index contributed by atoms with van der Waals surface area (Å²) in [5, 5.41) is 9.35. The van der Waals surface area contributed by atoms with E-state index < -0.39 is 0 Å². The monoisotopic (exact) mass is 596 g/mol. The number of para-hydroxylation sites is 2. The van der Waals surface area contributed by atoms with Crippen molar-refractivity contribution in [1.82, 2.24) is 40.8 Å². The third-order valence-corrected chi connectivity index (χ3v) is 7.35. The largest absolute Gasteiger partial charge is 0.345 e. The van der Waals surface area contributed by atoms with Gasteiger partial charge in [0.25, 0.3) is 11.8 Å². The molecule has 2 aromatic heterocycles. The van der Waals surface area contributed by atoms with Crippen molar-refractivity contribution in [3.63, 3.8) is 0 Å². The van der Waals surface area contributed by atoms with Crippen LogP contribution in [0.15, 0.2) is 79.4 Å². The van der Waals surface area contributed by atoms with Crippen LogP contribution in [0.3, 0.4) is 0 Å². The molecule has 5 N–H and O–H groups in total. The Morgan fingerprint density at radius 2 is 1.30 bits per heavy atom. The molecular formula is C34H44N8O2. The van der Waals surface area contributed by atoms with Crippen LogP contribution >= 0.6 is 0 Å². The molecule has 0 aliphatic heterocycles. The van der Waals surface area contributed by atoms with Crippen LogP contribution < -0.4 is 16.0 Å². The third kappa shape index (κ3) is 8.75. The second kappa shape index (κ2) is 16.3. The zero-order chi connectivity index (χ0) is 31.3. The van der Waals surface area contributed by atoms with Crippen LogP contribution in [0, 0.1) is 0 Å². The molecule has 0 saturated heterocycles. The molecule has 0 radical (unpaired) electrons. The lowest BCUT2D eigenvalue weighted by Gasteiger charge is -2.29. The summed E-state index contributed by atoms with van der Waals surface area (Å²) in [6.07, 6.45) is 6.21. The molecule has 0 spiro atoms. The molecule has 0 aliphatic carbocycles. The van der Waals surface area contributed by atoms with Gasteiger partial charge >= 0.3 is 0 Å². The number of H-pyrrole nitrogens is 2. The second-order valence-corrected chi connectivity index (χ2v) is 10.8. The van der Waals surface area contributed by atoms with E-state index in [2.05, 4.69) is 66.8 Å². The number of amides is 2. The lowest BCUT2D eigenvalue weighted by molar-refractivity contribution is 0.0864. The maximum Gasteiger partial charge on any atom is 0.254 e. The summed E-state index contributed by atoms with van der Waals surface area (Å²) in [6.45, 7) is 11.1. The maximum absolute atomic E-state index is 12.5. The van der Waals surface area contributed by atoms with Gasteiger partial charge in [-0.2, -0.15) is 0 Å². The van der Waals surface area contributed by atoms with Gasteiger partial charge in [0.05, 0.1) is 47.1 Å². The first-order chi connectivity index (χ1) is 21.4. The molecule has 2 atom stereocenters. The van der Waals surface area contributed by atoms with Crippen LogP contribution in [0.5, 0.6) is 0 Å². The second-order valence-electron chi connectivity index (χ2n) is 10.8. The summed E-state index contributed by atoms with van der Waals surface area (Å²) in [7, 11) is 0. The molecule has 44 heavy (non-hydrogen) atoms. The number of rotatable bonds is 13. The number of aromatic nitrogens is 4. The smallest absolute Gasteiger partial charge is 0.254 e. The minimum atomic E-state index is -0.123. The van der Waals surface area contributed by atoms with Crippen molar-refractivity contribution < 1.29 is 9.59 Å². The number of benzene rings is 3. The highest BCUT2D eigenvalue weighted by Gasteiger charge is 2.18. The van der Waals surface area contributed by atoms with Gasteiger partial charge < -0.3 is 20.6 Å². The first-order valence-electron chi connectivity index (χ1n) is 15.4. The van der Waals surface area contributed by atoms with Gasteiger partial charge in [-0.05, 0) is 76.0 Å². The molecule has 5 aromatic rings. The predicted molar refractivity (Wildman–Crippen MR) is 176 cm³/mol. The number of imidazole rings is 2. The Kier molecular flexibility index (Phi) is 12.0. The third-order valence-electron chi connectivity index (χ3n) is 7.35. The van der Waals surface area contributed by atoms with Gasteiger partial charge in [-0.25, -0.2) is 9.97 Å². The molecule has 2 amide bonds. The highest BCUT2D eigenvalue weighted by atomic mass is 16.2. The fourth-order valence-corrected chi connectivity index (χ4v) is 5.13. The first kappa shape index (κ1) is 32.4. The van der Waals surface area contributed by atoms with E-state index in [0.29, 0.717) is 16.6 Å². The Bertz CT molecular complexity index is 1610. The van der Waals surface area contributed by atoms with Gasteiger partial charge in [0.1, 0.15) is 11.0 Å². The average molecular weight is 597 g/mol. The van der Waals surface area contributed by atoms with Crippen molar-refractivity contribution in [2.24, 2.45) is 0 Å². The number of carbonyl (C=O) groups excluding carboxylic acids is 2. The van der Waals surface area contributed by atoms with E-state index in [0.717, 1.165) is 55.4 Å². The Morgan fingerprint density at radius 3 is 1.84 bits per heavy atom. The Hall–Kier alpha value is -4.54. The molecule has 0 saturated carbocycles. The Morgan fingerprint density at radius 1 is 0.750 bits per heavy atom. The highest BCUT2D eigenvalue weighted by Crippen LogP contribution is 2.16. The Balaban J connectivity index is 0.000000202. The minimum absolute atomic E-state index is 0.0200. The van der Waals surface area contributed by atoms with Crippen molar-refractivity contribution in [2.45, 2.75) is 59.3 Å². The number of hydrogen-bond acceptors (Lipinski definition) is 6. The molecule has 0 bridgehead atoms. The summed E-state index contributed by atoms with van der Waals surface area (Å²) in [4.78, 5) is 41.7. The maximum atomic E-state index is 12.5. The summed E-state index contributed by atoms with van der Waals surface area (Å²) < 4.78 is 0. The van der Waals surface area contributed by atoms with E-state index in [1.54, 1.807) is 18.7 Å². The summed E-state index contributed by atoms with van der Waals surface area (Å²) >= 11 is 0. The lowest BCUT2D eigenvalue weighted by Crippen LogP contribution is -2.46. The quantitative estimate of drug-likeness (QED) is 0.118. The van der Waals surface area contributed by atoms with Gasteiger partial charge in [-0.15, -0.1) is 0 Å². The molecule has 10 heteroatoms. The molecule has 5 rings (SSSR count). The van der Waals surface area contributed by atoms with Crippen LogP contribution in [0.25, 0.3) is 22.1 Å². The van der Waals surface area contributed by atoms with E-state index in [4.69, 9.17) is 0 Å². The molecule has 2 unspecified atom stereocenters.